The highest BCUT2D eigenvalue weighted by atomic mass is 15.1. The van der Waals surface area contributed by atoms with Crippen molar-refractivity contribution in [1.29, 1.82) is 5.26 Å². The smallest absolute Gasteiger partial charge is 0.149 e. The van der Waals surface area contributed by atoms with Crippen LogP contribution < -0.4 is 4.90 Å². The zero-order valence-corrected chi connectivity index (χ0v) is 8.10. The molecular formula is C10H10N4. The second-order valence-corrected chi connectivity index (χ2v) is 3.23. The second kappa shape index (κ2) is 3.04. The number of hydrogen-bond acceptors (Lipinski definition) is 3. The van der Waals surface area contributed by atoms with Crippen LogP contribution in [0.1, 0.15) is 5.69 Å². The van der Waals surface area contributed by atoms with Gasteiger partial charge in [0.1, 0.15) is 17.4 Å². The molecule has 0 saturated heterocycles. The van der Waals surface area contributed by atoms with Crippen LogP contribution >= 0.6 is 0 Å². The predicted molar refractivity (Wildman–Crippen MR) is 54.2 cm³/mol. The Morgan fingerprint density at radius 1 is 1.43 bits per heavy atom. The van der Waals surface area contributed by atoms with Gasteiger partial charge in [-0.25, -0.2) is 4.98 Å². The first-order valence-corrected chi connectivity index (χ1v) is 4.27. The third-order valence-electron chi connectivity index (χ3n) is 2.13. The molecule has 2 aromatic heterocycles. The van der Waals surface area contributed by atoms with Gasteiger partial charge in [-0.15, -0.1) is 0 Å². The highest BCUT2D eigenvalue weighted by Crippen LogP contribution is 2.18. The fraction of sp³-hybridized carbons (Fsp3) is 0.200. The molecule has 0 aliphatic carbocycles. The van der Waals surface area contributed by atoms with E-state index < -0.39 is 0 Å². The van der Waals surface area contributed by atoms with Crippen LogP contribution in [0.25, 0.3) is 5.65 Å². The van der Waals surface area contributed by atoms with Gasteiger partial charge in [-0.1, -0.05) is 0 Å². The van der Waals surface area contributed by atoms with E-state index in [0.29, 0.717) is 5.69 Å². The van der Waals surface area contributed by atoms with Crippen molar-refractivity contribution in [3.63, 3.8) is 0 Å². The van der Waals surface area contributed by atoms with E-state index in [1.54, 1.807) is 16.8 Å². The topological polar surface area (TPSA) is 44.3 Å². The number of imidazole rings is 1. The molecule has 0 aromatic carbocycles. The molecule has 4 heteroatoms. The first-order valence-electron chi connectivity index (χ1n) is 4.27. The van der Waals surface area contributed by atoms with E-state index in [2.05, 4.69) is 11.1 Å². The predicted octanol–water partition coefficient (Wildman–Crippen LogP) is 1.27. The van der Waals surface area contributed by atoms with Crippen molar-refractivity contribution in [2.75, 3.05) is 19.0 Å². The standard InChI is InChI=1S/C10H10N4/c1-13(2)8-3-4-10-12-5-6-14(10)9(8)7-11/h3-6H,1-2H3. The SMILES string of the molecule is CN(C)c1ccc2nccn2c1C#N. The molecule has 4 nitrogen and oxygen atoms in total. The maximum Gasteiger partial charge on any atom is 0.149 e. The summed E-state index contributed by atoms with van der Waals surface area (Å²) in [5.74, 6) is 0. The van der Waals surface area contributed by atoms with Gasteiger partial charge in [0.05, 0.1) is 5.69 Å². The first kappa shape index (κ1) is 8.57. The van der Waals surface area contributed by atoms with Gasteiger partial charge in [0, 0.05) is 26.5 Å². The third kappa shape index (κ3) is 1.11. The molecule has 0 saturated carbocycles. The van der Waals surface area contributed by atoms with E-state index >= 15 is 0 Å². The van der Waals surface area contributed by atoms with Crippen LogP contribution in [-0.2, 0) is 0 Å². The van der Waals surface area contributed by atoms with E-state index in [-0.39, 0.29) is 0 Å². The van der Waals surface area contributed by atoms with Gasteiger partial charge in [-0.2, -0.15) is 5.26 Å². The first-order chi connectivity index (χ1) is 6.74. The Labute approximate surface area is 82.0 Å². The molecule has 0 bridgehead atoms. The van der Waals surface area contributed by atoms with E-state index in [4.69, 9.17) is 5.26 Å². The Morgan fingerprint density at radius 2 is 2.21 bits per heavy atom. The van der Waals surface area contributed by atoms with Gasteiger partial charge in [-0.3, -0.25) is 4.40 Å². The number of anilines is 1. The molecule has 2 heterocycles. The highest BCUT2D eigenvalue weighted by Gasteiger charge is 2.08. The largest absolute Gasteiger partial charge is 0.375 e. The maximum absolute atomic E-state index is 9.06. The molecule has 0 aliphatic rings. The monoisotopic (exact) mass is 186 g/mol. The van der Waals surface area contributed by atoms with Gasteiger partial charge < -0.3 is 4.90 Å². The van der Waals surface area contributed by atoms with E-state index in [0.717, 1.165) is 11.3 Å². The third-order valence-corrected chi connectivity index (χ3v) is 2.13. The lowest BCUT2D eigenvalue weighted by atomic mass is 10.3. The Balaban J connectivity index is 2.81. The molecule has 0 N–H and O–H groups in total. The Hall–Kier alpha value is -2.02. The van der Waals surface area contributed by atoms with E-state index in [1.165, 1.54) is 0 Å². The van der Waals surface area contributed by atoms with Crippen LogP contribution in [0, 0.1) is 11.3 Å². The van der Waals surface area contributed by atoms with Crippen molar-refractivity contribution in [2.45, 2.75) is 0 Å². The van der Waals surface area contributed by atoms with Crippen molar-refractivity contribution >= 4 is 11.3 Å². The molecule has 70 valence electrons. The fourth-order valence-electron chi connectivity index (χ4n) is 1.46. The van der Waals surface area contributed by atoms with Crippen molar-refractivity contribution < 1.29 is 0 Å². The molecule has 14 heavy (non-hydrogen) atoms. The summed E-state index contributed by atoms with van der Waals surface area (Å²) < 4.78 is 1.79. The summed E-state index contributed by atoms with van der Waals surface area (Å²) in [6.45, 7) is 0. The van der Waals surface area contributed by atoms with Gasteiger partial charge >= 0.3 is 0 Å². The van der Waals surface area contributed by atoms with Crippen LogP contribution in [0.15, 0.2) is 24.5 Å². The van der Waals surface area contributed by atoms with Crippen molar-refractivity contribution in [3.05, 3.63) is 30.2 Å². The molecule has 2 aromatic rings. The number of rotatable bonds is 1. The summed E-state index contributed by atoms with van der Waals surface area (Å²) in [7, 11) is 3.83. The molecule has 0 spiro atoms. The fourth-order valence-corrected chi connectivity index (χ4v) is 1.46. The average Bonchev–Trinajstić information content (AvgIpc) is 2.63. The lowest BCUT2D eigenvalue weighted by molar-refractivity contribution is 1.06. The lowest BCUT2D eigenvalue weighted by Crippen LogP contribution is -2.12. The Morgan fingerprint density at radius 3 is 2.86 bits per heavy atom. The quantitative estimate of drug-likeness (QED) is 0.673. The minimum Gasteiger partial charge on any atom is -0.375 e. The number of aromatic nitrogens is 2. The van der Waals surface area contributed by atoms with Crippen molar-refractivity contribution in [1.82, 2.24) is 9.38 Å². The zero-order chi connectivity index (χ0) is 10.1. The summed E-state index contributed by atoms with van der Waals surface area (Å²) in [6, 6.07) is 5.99. The molecule has 2 rings (SSSR count). The normalized spacial score (nSPS) is 10.1. The Bertz CT molecular complexity index is 504. The van der Waals surface area contributed by atoms with E-state index in [1.807, 2.05) is 31.1 Å². The van der Waals surface area contributed by atoms with Gasteiger partial charge in [0.25, 0.3) is 0 Å². The number of nitrogens with zero attached hydrogens (tertiary/aromatic N) is 4. The number of fused-ring (bicyclic) bond motifs is 1. The molecule has 0 unspecified atom stereocenters. The summed E-state index contributed by atoms with van der Waals surface area (Å²) >= 11 is 0. The molecular weight excluding hydrogens is 176 g/mol. The maximum atomic E-state index is 9.06. The van der Waals surface area contributed by atoms with Gasteiger partial charge in [-0.05, 0) is 12.1 Å². The minimum absolute atomic E-state index is 0.616. The van der Waals surface area contributed by atoms with Crippen LogP contribution in [0.2, 0.25) is 0 Å². The Kier molecular flexibility index (Phi) is 1.86. The minimum atomic E-state index is 0.616. The lowest BCUT2D eigenvalue weighted by Gasteiger charge is -2.14. The molecule has 0 aliphatic heterocycles. The zero-order valence-electron chi connectivity index (χ0n) is 8.10. The van der Waals surface area contributed by atoms with Crippen LogP contribution in [0.5, 0.6) is 0 Å². The molecule has 0 atom stereocenters. The van der Waals surface area contributed by atoms with Crippen LogP contribution in [0.4, 0.5) is 5.69 Å². The highest BCUT2D eigenvalue weighted by molar-refractivity contribution is 5.61. The van der Waals surface area contributed by atoms with Crippen molar-refractivity contribution in [3.8, 4) is 6.07 Å². The van der Waals surface area contributed by atoms with Gasteiger partial charge in [0.15, 0.2) is 0 Å². The van der Waals surface area contributed by atoms with Crippen LogP contribution in [-0.4, -0.2) is 23.5 Å². The van der Waals surface area contributed by atoms with Crippen LogP contribution in [0.3, 0.4) is 0 Å². The molecule has 0 fully saturated rings. The summed E-state index contributed by atoms with van der Waals surface area (Å²) in [4.78, 5) is 6.04. The van der Waals surface area contributed by atoms with Gasteiger partial charge in [0.2, 0.25) is 0 Å². The molecule has 0 amide bonds. The number of pyridine rings is 1. The number of nitriles is 1. The number of hydrogen-bond donors (Lipinski definition) is 0. The second-order valence-electron chi connectivity index (χ2n) is 3.23. The molecule has 0 radical (unpaired) electrons. The summed E-state index contributed by atoms with van der Waals surface area (Å²) in [5, 5.41) is 9.06. The van der Waals surface area contributed by atoms with E-state index in [9.17, 15) is 0 Å². The van der Waals surface area contributed by atoms with Crippen molar-refractivity contribution in [2.24, 2.45) is 0 Å². The summed E-state index contributed by atoms with van der Waals surface area (Å²) in [5.41, 5.74) is 2.31. The average molecular weight is 186 g/mol. The summed E-state index contributed by atoms with van der Waals surface area (Å²) in [6.07, 6.45) is 3.48.